The van der Waals surface area contributed by atoms with Crippen molar-refractivity contribution in [2.24, 2.45) is 0 Å². The highest BCUT2D eigenvalue weighted by Crippen LogP contribution is 2.43. The number of carboxylic acids is 1. The molecule has 172 valence electrons. The highest BCUT2D eigenvalue weighted by molar-refractivity contribution is 6.33. The van der Waals surface area contributed by atoms with Crippen LogP contribution in [-0.2, 0) is 9.53 Å². The van der Waals surface area contributed by atoms with E-state index in [1.165, 1.54) is 12.1 Å². The number of carbonyl (C=O) groups excluding carboxylic acids is 3. The number of aromatic carboxylic acids is 1. The van der Waals surface area contributed by atoms with Gasteiger partial charge in [-0.15, -0.1) is 0 Å². The van der Waals surface area contributed by atoms with Gasteiger partial charge in [-0.1, -0.05) is 30.8 Å². The number of unbranched alkanes of at least 4 members (excludes halogenated alkanes) is 3. The minimum Gasteiger partial charge on any atom is -0.490 e. The van der Waals surface area contributed by atoms with E-state index in [4.69, 9.17) is 20.9 Å². The highest BCUT2D eigenvalue weighted by Gasteiger charge is 2.37. The molecule has 9 heteroatoms. The van der Waals surface area contributed by atoms with Crippen LogP contribution in [0.1, 0.15) is 67.9 Å². The number of anilines is 2. The number of hydrogen-bond donors (Lipinski definition) is 3. The quantitative estimate of drug-likeness (QED) is 0.182. The summed E-state index contributed by atoms with van der Waals surface area (Å²) < 4.78 is 10.6. The smallest absolute Gasteiger partial charge is 0.341 e. The van der Waals surface area contributed by atoms with Gasteiger partial charge in [-0.2, -0.15) is 0 Å². The molecule has 0 radical (unpaired) electrons. The zero-order chi connectivity index (χ0) is 24.1. The van der Waals surface area contributed by atoms with Crippen LogP contribution in [0.5, 0.6) is 5.75 Å². The van der Waals surface area contributed by atoms with Gasteiger partial charge in [0.15, 0.2) is 17.3 Å². The second kappa shape index (κ2) is 9.99. The van der Waals surface area contributed by atoms with Gasteiger partial charge in [0.05, 0.1) is 35.7 Å². The first kappa shape index (κ1) is 23.5. The molecule has 0 atom stereocenters. The molecule has 0 aromatic heterocycles. The van der Waals surface area contributed by atoms with Crippen LogP contribution in [0.25, 0.3) is 0 Å². The van der Waals surface area contributed by atoms with E-state index in [9.17, 15) is 24.3 Å². The molecule has 0 heterocycles. The zero-order valence-electron chi connectivity index (χ0n) is 17.9. The molecule has 33 heavy (non-hydrogen) atoms. The Labute approximate surface area is 190 Å². The molecule has 0 fully saturated rings. The van der Waals surface area contributed by atoms with E-state index in [0.717, 1.165) is 18.9 Å². The first-order valence-electron chi connectivity index (χ1n) is 10.4. The van der Waals surface area contributed by atoms with Gasteiger partial charge in [-0.3, -0.25) is 9.59 Å². The third-order valence-electron chi connectivity index (χ3n) is 5.31. The Morgan fingerprint density at radius 2 is 1.45 bits per heavy atom. The number of carboxylic acid groups (broad SMARTS) is 1. The van der Waals surface area contributed by atoms with Gasteiger partial charge in [0.2, 0.25) is 0 Å². The van der Waals surface area contributed by atoms with Crippen molar-refractivity contribution in [3.05, 3.63) is 64.7 Å². The standard InChI is InChI=1S/C24H24N2O7/c1-2-15(27)32-11-7-3-4-8-12-33-23-18(24(30)31)19(25)16-17(20(23)26)22(29)14-10-6-5-9-13(14)21(16)28/h2,5-6,9-10H,1,3-4,7-8,11-12,25-26H2,(H,30,31). The normalized spacial score (nSPS) is 12.0. The van der Waals surface area contributed by atoms with Crippen molar-refractivity contribution in [2.45, 2.75) is 25.7 Å². The van der Waals surface area contributed by atoms with E-state index in [-0.39, 0.29) is 52.6 Å². The lowest BCUT2D eigenvalue weighted by Crippen LogP contribution is -2.26. The molecule has 0 unspecified atom stereocenters. The van der Waals surface area contributed by atoms with Gasteiger partial charge in [0, 0.05) is 17.2 Å². The van der Waals surface area contributed by atoms with E-state index in [1.807, 2.05) is 0 Å². The van der Waals surface area contributed by atoms with Crippen LogP contribution in [0.4, 0.5) is 11.4 Å². The van der Waals surface area contributed by atoms with Crippen LogP contribution in [0.2, 0.25) is 0 Å². The summed E-state index contributed by atoms with van der Waals surface area (Å²) in [7, 11) is 0. The molecule has 1 aliphatic rings. The Balaban J connectivity index is 1.79. The minimum atomic E-state index is -1.42. The van der Waals surface area contributed by atoms with Gasteiger partial charge in [-0.05, 0) is 25.7 Å². The number of carbonyl (C=O) groups is 4. The summed E-state index contributed by atoms with van der Waals surface area (Å²) >= 11 is 0. The topological polar surface area (TPSA) is 159 Å². The molecule has 2 aromatic carbocycles. The van der Waals surface area contributed by atoms with Crippen LogP contribution in [0, 0.1) is 0 Å². The SMILES string of the molecule is C=CC(=O)OCCCCCCOc1c(N)c2c(c(N)c1C(=O)O)C(=O)c1ccccc1C2=O. The second-order valence-electron chi connectivity index (χ2n) is 7.42. The molecule has 9 nitrogen and oxygen atoms in total. The Morgan fingerprint density at radius 1 is 0.909 bits per heavy atom. The number of benzene rings is 2. The lowest BCUT2D eigenvalue weighted by Gasteiger charge is -2.24. The summed E-state index contributed by atoms with van der Waals surface area (Å²) in [6.07, 6.45) is 3.79. The molecule has 0 amide bonds. The van der Waals surface area contributed by atoms with Gasteiger partial charge in [0.1, 0.15) is 5.56 Å². The minimum absolute atomic E-state index is 0.119. The average Bonchev–Trinajstić information content (AvgIpc) is 2.80. The maximum absolute atomic E-state index is 13.1. The predicted molar refractivity (Wildman–Crippen MR) is 121 cm³/mol. The number of fused-ring (bicyclic) bond motifs is 2. The Hall–Kier alpha value is -4.14. The number of ketones is 2. The van der Waals surface area contributed by atoms with E-state index >= 15 is 0 Å². The number of nitrogens with two attached hydrogens (primary N) is 2. The monoisotopic (exact) mass is 452 g/mol. The number of nitrogen functional groups attached to an aromatic ring is 2. The number of esters is 1. The van der Waals surface area contributed by atoms with Crippen molar-refractivity contribution in [3.8, 4) is 5.75 Å². The van der Waals surface area contributed by atoms with Gasteiger partial charge in [0.25, 0.3) is 0 Å². The number of hydrogen-bond acceptors (Lipinski definition) is 8. The molecular weight excluding hydrogens is 428 g/mol. The molecular formula is C24H24N2O7. The fourth-order valence-electron chi connectivity index (χ4n) is 3.71. The molecule has 0 saturated heterocycles. The van der Waals surface area contributed by atoms with Crippen molar-refractivity contribution in [3.63, 3.8) is 0 Å². The molecule has 1 aliphatic carbocycles. The lowest BCUT2D eigenvalue weighted by atomic mass is 9.81. The predicted octanol–water partition coefficient (Wildman–Crippen LogP) is 2.99. The largest absolute Gasteiger partial charge is 0.490 e. The van der Waals surface area contributed by atoms with Crippen LogP contribution in [0.15, 0.2) is 36.9 Å². The Kier molecular flexibility index (Phi) is 7.12. The molecule has 0 bridgehead atoms. The molecule has 0 spiro atoms. The third kappa shape index (κ3) is 4.57. The van der Waals surface area contributed by atoms with Gasteiger partial charge < -0.3 is 26.0 Å². The van der Waals surface area contributed by atoms with E-state index < -0.39 is 29.1 Å². The van der Waals surface area contributed by atoms with Crippen molar-refractivity contribution in [1.29, 1.82) is 0 Å². The zero-order valence-corrected chi connectivity index (χ0v) is 17.9. The van der Waals surface area contributed by atoms with Crippen LogP contribution >= 0.6 is 0 Å². The first-order chi connectivity index (χ1) is 15.8. The van der Waals surface area contributed by atoms with E-state index in [1.54, 1.807) is 12.1 Å². The highest BCUT2D eigenvalue weighted by atomic mass is 16.5. The molecule has 0 saturated carbocycles. The van der Waals surface area contributed by atoms with Crippen molar-refractivity contribution < 1.29 is 33.8 Å². The Morgan fingerprint density at radius 3 is 2.00 bits per heavy atom. The van der Waals surface area contributed by atoms with Crippen LogP contribution < -0.4 is 16.2 Å². The fourth-order valence-corrected chi connectivity index (χ4v) is 3.71. The van der Waals surface area contributed by atoms with Gasteiger partial charge >= 0.3 is 11.9 Å². The Bertz CT molecular complexity index is 1150. The lowest BCUT2D eigenvalue weighted by molar-refractivity contribution is -0.137. The summed E-state index contributed by atoms with van der Waals surface area (Å²) in [4.78, 5) is 49.0. The van der Waals surface area contributed by atoms with Gasteiger partial charge in [-0.25, -0.2) is 9.59 Å². The van der Waals surface area contributed by atoms with Crippen molar-refractivity contribution >= 4 is 34.9 Å². The second-order valence-corrected chi connectivity index (χ2v) is 7.42. The average molecular weight is 452 g/mol. The number of ether oxygens (including phenoxy) is 2. The maximum atomic E-state index is 13.1. The molecule has 5 N–H and O–H groups in total. The maximum Gasteiger partial charge on any atom is 0.341 e. The summed E-state index contributed by atoms with van der Waals surface area (Å²) in [6, 6.07) is 6.22. The summed E-state index contributed by atoms with van der Waals surface area (Å²) in [5, 5.41) is 9.72. The van der Waals surface area contributed by atoms with E-state index in [0.29, 0.717) is 12.8 Å². The van der Waals surface area contributed by atoms with Crippen molar-refractivity contribution in [1.82, 2.24) is 0 Å². The van der Waals surface area contributed by atoms with Crippen LogP contribution in [-0.4, -0.2) is 41.8 Å². The van der Waals surface area contributed by atoms with Crippen molar-refractivity contribution in [2.75, 3.05) is 24.7 Å². The van der Waals surface area contributed by atoms with E-state index in [2.05, 4.69) is 6.58 Å². The molecule has 3 rings (SSSR count). The summed E-state index contributed by atoms with van der Waals surface area (Å²) in [5.74, 6) is -3.19. The summed E-state index contributed by atoms with van der Waals surface area (Å²) in [5.41, 5.74) is 11.2. The number of rotatable bonds is 10. The summed E-state index contributed by atoms with van der Waals surface area (Å²) in [6.45, 7) is 3.71. The molecule has 2 aromatic rings. The molecule has 0 aliphatic heterocycles. The van der Waals surface area contributed by atoms with Crippen LogP contribution in [0.3, 0.4) is 0 Å². The fraction of sp³-hybridized carbons (Fsp3) is 0.250. The first-order valence-corrected chi connectivity index (χ1v) is 10.4. The third-order valence-corrected chi connectivity index (χ3v) is 5.31.